The average Bonchev–Trinajstić information content (AvgIpc) is 2.65. The normalized spacial score (nSPS) is 14.4. The number of benzene rings is 1. The van der Waals surface area contributed by atoms with Gasteiger partial charge in [-0.05, 0) is 44.2 Å². The molecule has 3 rings (SSSR count). The van der Waals surface area contributed by atoms with E-state index in [1.807, 2.05) is 0 Å². The van der Waals surface area contributed by atoms with Crippen LogP contribution in [0.25, 0.3) is 0 Å². The molecule has 0 bridgehead atoms. The van der Waals surface area contributed by atoms with E-state index in [1.165, 1.54) is 9.47 Å². The Balaban J connectivity index is 1.94. The highest BCUT2D eigenvalue weighted by Gasteiger charge is 2.25. The molecule has 1 atom stereocenters. The maximum Gasteiger partial charge on any atom is 0.293 e. The van der Waals surface area contributed by atoms with Crippen molar-refractivity contribution in [3.63, 3.8) is 0 Å². The topological polar surface area (TPSA) is 77.8 Å². The summed E-state index contributed by atoms with van der Waals surface area (Å²) in [4.78, 5) is 38.6. The second-order valence-corrected chi connectivity index (χ2v) is 5.98. The number of fused-ring (bicyclic) bond motifs is 1. The summed E-state index contributed by atoms with van der Waals surface area (Å²) in [7, 11) is 1.64. The highest BCUT2D eigenvalue weighted by molar-refractivity contribution is 6.03. The van der Waals surface area contributed by atoms with Crippen molar-refractivity contribution in [3.8, 4) is 11.5 Å². The van der Waals surface area contributed by atoms with Crippen LogP contribution < -0.4 is 19.9 Å². The van der Waals surface area contributed by atoms with Crippen LogP contribution in [-0.2, 0) is 4.79 Å². The molecule has 1 amide bonds. The zero-order valence-corrected chi connectivity index (χ0v) is 14.9. The van der Waals surface area contributed by atoms with E-state index in [9.17, 15) is 14.4 Å². The quantitative estimate of drug-likeness (QED) is 0.766. The van der Waals surface area contributed by atoms with Crippen molar-refractivity contribution in [2.45, 2.75) is 19.9 Å². The zero-order chi connectivity index (χ0) is 18.8. The number of aromatic nitrogens is 1. The monoisotopic (exact) mass is 356 g/mol. The van der Waals surface area contributed by atoms with E-state index in [0.29, 0.717) is 23.6 Å². The summed E-state index contributed by atoms with van der Waals surface area (Å²) in [6, 6.07) is 7.45. The second kappa shape index (κ2) is 7.03. The van der Waals surface area contributed by atoms with Crippen LogP contribution in [0.15, 0.2) is 41.3 Å². The molecule has 26 heavy (non-hydrogen) atoms. The van der Waals surface area contributed by atoms with Gasteiger partial charge in [0, 0.05) is 18.8 Å². The summed E-state index contributed by atoms with van der Waals surface area (Å²) in [5.41, 5.74) is 0.577. The van der Waals surface area contributed by atoms with Gasteiger partial charge in [-0.3, -0.25) is 14.4 Å². The lowest BCUT2D eigenvalue weighted by Crippen LogP contribution is -2.35. The summed E-state index contributed by atoms with van der Waals surface area (Å²) in [6.45, 7) is 3.79. The van der Waals surface area contributed by atoms with Gasteiger partial charge in [-0.25, -0.2) is 0 Å². The van der Waals surface area contributed by atoms with Gasteiger partial charge in [0.2, 0.25) is 0 Å². The minimum Gasteiger partial charge on any atom is -0.488 e. The Labute approximate surface area is 150 Å². The lowest BCUT2D eigenvalue weighted by Gasteiger charge is -2.26. The van der Waals surface area contributed by atoms with Crippen molar-refractivity contribution in [1.29, 1.82) is 0 Å². The molecule has 0 fully saturated rings. The number of Topliss-reactive ketones (excluding diaryl/α,β-unsaturated/α-hetero) is 1. The lowest BCUT2D eigenvalue weighted by molar-refractivity contribution is -0.120. The van der Waals surface area contributed by atoms with Crippen LogP contribution in [0.2, 0.25) is 0 Å². The predicted octanol–water partition coefficient (Wildman–Crippen LogP) is 2.05. The maximum atomic E-state index is 12.9. The standard InChI is InChI=1S/C19H20N2O5/c1-4-25-16-6-5-9-21(19(16)24)12(2)18(23)13-7-8-15-14(10-13)20(3)17(22)11-26-15/h5-10,12H,4,11H2,1-3H3. The van der Waals surface area contributed by atoms with E-state index < -0.39 is 6.04 Å². The van der Waals surface area contributed by atoms with Gasteiger partial charge in [0.05, 0.1) is 18.3 Å². The Bertz CT molecular complexity index is 918. The molecule has 1 aromatic carbocycles. The van der Waals surface area contributed by atoms with E-state index in [-0.39, 0.29) is 29.6 Å². The molecule has 1 aliphatic rings. The summed E-state index contributed by atoms with van der Waals surface area (Å²) in [5.74, 6) is 0.330. The van der Waals surface area contributed by atoms with Crippen molar-refractivity contribution in [1.82, 2.24) is 4.57 Å². The number of rotatable bonds is 5. The third kappa shape index (κ3) is 3.08. The number of pyridine rings is 1. The summed E-state index contributed by atoms with van der Waals surface area (Å²) < 4.78 is 12.0. The lowest BCUT2D eigenvalue weighted by atomic mass is 10.0. The third-order valence-electron chi connectivity index (χ3n) is 4.37. The number of amides is 1. The van der Waals surface area contributed by atoms with Gasteiger partial charge in [0.25, 0.3) is 11.5 Å². The van der Waals surface area contributed by atoms with Gasteiger partial charge in [-0.1, -0.05) is 0 Å². The Morgan fingerprint density at radius 2 is 2.08 bits per heavy atom. The van der Waals surface area contributed by atoms with Crippen LogP contribution >= 0.6 is 0 Å². The largest absolute Gasteiger partial charge is 0.488 e. The van der Waals surface area contributed by atoms with Crippen molar-refractivity contribution in [3.05, 3.63) is 52.4 Å². The van der Waals surface area contributed by atoms with E-state index in [0.717, 1.165) is 0 Å². The molecular formula is C19H20N2O5. The molecule has 0 saturated carbocycles. The third-order valence-corrected chi connectivity index (χ3v) is 4.37. The molecule has 0 radical (unpaired) electrons. The van der Waals surface area contributed by atoms with Gasteiger partial charge >= 0.3 is 0 Å². The molecule has 1 unspecified atom stereocenters. The van der Waals surface area contributed by atoms with Crippen molar-refractivity contribution >= 4 is 17.4 Å². The van der Waals surface area contributed by atoms with E-state index in [4.69, 9.17) is 9.47 Å². The number of likely N-dealkylation sites (N-methyl/N-ethyl adjacent to an activating group) is 1. The van der Waals surface area contributed by atoms with Crippen LogP contribution in [0.5, 0.6) is 11.5 Å². The number of ether oxygens (including phenoxy) is 2. The first-order valence-corrected chi connectivity index (χ1v) is 8.35. The smallest absolute Gasteiger partial charge is 0.293 e. The van der Waals surface area contributed by atoms with Gasteiger partial charge < -0.3 is 18.9 Å². The minimum atomic E-state index is -0.716. The van der Waals surface area contributed by atoms with Crippen LogP contribution in [-0.4, -0.2) is 36.5 Å². The number of carbonyl (C=O) groups excluding carboxylic acids is 2. The summed E-state index contributed by atoms with van der Waals surface area (Å²) in [5, 5.41) is 0. The Kier molecular flexibility index (Phi) is 4.79. The SMILES string of the molecule is CCOc1cccn(C(C)C(=O)c2ccc3c(c2)N(C)C(=O)CO3)c1=O. The summed E-state index contributed by atoms with van der Waals surface area (Å²) >= 11 is 0. The van der Waals surface area contributed by atoms with Gasteiger partial charge in [-0.2, -0.15) is 0 Å². The molecular weight excluding hydrogens is 336 g/mol. The van der Waals surface area contributed by atoms with Crippen LogP contribution in [0, 0.1) is 0 Å². The molecule has 0 aliphatic carbocycles. The van der Waals surface area contributed by atoms with E-state index >= 15 is 0 Å². The molecule has 0 N–H and O–H groups in total. The number of anilines is 1. The fourth-order valence-corrected chi connectivity index (χ4v) is 2.85. The molecule has 0 saturated heterocycles. The van der Waals surface area contributed by atoms with Crippen molar-refractivity contribution in [2.24, 2.45) is 0 Å². The van der Waals surface area contributed by atoms with Crippen LogP contribution in [0.3, 0.4) is 0 Å². The van der Waals surface area contributed by atoms with E-state index in [2.05, 4.69) is 0 Å². The second-order valence-electron chi connectivity index (χ2n) is 5.98. The molecule has 1 aromatic heterocycles. The zero-order valence-electron chi connectivity index (χ0n) is 14.9. The number of hydrogen-bond donors (Lipinski definition) is 0. The maximum absolute atomic E-state index is 12.9. The highest BCUT2D eigenvalue weighted by atomic mass is 16.5. The Morgan fingerprint density at radius 1 is 1.31 bits per heavy atom. The minimum absolute atomic E-state index is 0.0210. The number of hydrogen-bond acceptors (Lipinski definition) is 5. The van der Waals surface area contributed by atoms with Crippen LogP contribution in [0.4, 0.5) is 5.69 Å². The molecule has 2 heterocycles. The molecule has 7 heteroatoms. The number of ketones is 1. The van der Waals surface area contributed by atoms with Crippen LogP contribution in [0.1, 0.15) is 30.2 Å². The van der Waals surface area contributed by atoms with Gasteiger partial charge in [-0.15, -0.1) is 0 Å². The Morgan fingerprint density at radius 3 is 2.81 bits per heavy atom. The highest BCUT2D eigenvalue weighted by Crippen LogP contribution is 2.32. The van der Waals surface area contributed by atoms with Gasteiger partial charge in [0.15, 0.2) is 18.1 Å². The van der Waals surface area contributed by atoms with Crippen molar-refractivity contribution in [2.75, 3.05) is 25.2 Å². The first-order chi connectivity index (χ1) is 12.4. The molecule has 2 aromatic rings. The first kappa shape index (κ1) is 17.7. The fourth-order valence-electron chi connectivity index (χ4n) is 2.85. The molecule has 0 spiro atoms. The fraction of sp³-hybridized carbons (Fsp3) is 0.316. The Hall–Kier alpha value is -3.09. The van der Waals surface area contributed by atoms with Gasteiger partial charge in [0.1, 0.15) is 5.75 Å². The molecule has 7 nitrogen and oxygen atoms in total. The average molecular weight is 356 g/mol. The first-order valence-electron chi connectivity index (χ1n) is 8.35. The molecule has 136 valence electrons. The number of carbonyl (C=O) groups is 2. The molecule has 1 aliphatic heterocycles. The predicted molar refractivity (Wildman–Crippen MR) is 96.3 cm³/mol. The summed E-state index contributed by atoms with van der Waals surface area (Å²) in [6.07, 6.45) is 1.56. The van der Waals surface area contributed by atoms with E-state index in [1.54, 1.807) is 57.4 Å². The van der Waals surface area contributed by atoms with Crippen molar-refractivity contribution < 1.29 is 19.1 Å². The number of nitrogens with zero attached hydrogens (tertiary/aromatic N) is 2.